The van der Waals surface area contributed by atoms with E-state index < -0.39 is 0 Å². The highest BCUT2D eigenvalue weighted by Crippen LogP contribution is 2.59. The van der Waals surface area contributed by atoms with Gasteiger partial charge >= 0.3 is 5.97 Å². The second-order valence-corrected chi connectivity index (χ2v) is 7.31. The zero-order valence-corrected chi connectivity index (χ0v) is 13.1. The highest BCUT2D eigenvalue weighted by atomic mass is 16.5. The van der Waals surface area contributed by atoms with Crippen LogP contribution in [0.3, 0.4) is 0 Å². The van der Waals surface area contributed by atoms with Gasteiger partial charge in [-0.05, 0) is 41.6 Å². The minimum atomic E-state index is -0.285. The molecule has 0 radical (unpaired) electrons. The summed E-state index contributed by atoms with van der Waals surface area (Å²) in [5.74, 6) is 0.131. The second-order valence-electron chi connectivity index (χ2n) is 7.31. The van der Waals surface area contributed by atoms with E-state index in [-0.39, 0.29) is 29.3 Å². The van der Waals surface area contributed by atoms with Crippen LogP contribution in [-0.2, 0) is 14.3 Å². The average molecular weight is 278 g/mol. The van der Waals surface area contributed by atoms with Crippen molar-refractivity contribution < 1.29 is 14.3 Å². The van der Waals surface area contributed by atoms with E-state index >= 15 is 0 Å². The fourth-order valence-electron chi connectivity index (χ4n) is 4.52. The Bertz CT molecular complexity index is 436. The fraction of sp³-hybridized carbons (Fsp3) is 0.765. The van der Waals surface area contributed by atoms with Crippen molar-refractivity contribution in [2.45, 2.75) is 53.4 Å². The molecule has 2 aliphatic rings. The first-order valence-corrected chi connectivity index (χ1v) is 7.59. The van der Waals surface area contributed by atoms with E-state index in [4.69, 9.17) is 4.74 Å². The van der Waals surface area contributed by atoms with Crippen LogP contribution >= 0.6 is 0 Å². The Morgan fingerprint density at radius 1 is 1.40 bits per heavy atom. The lowest BCUT2D eigenvalue weighted by molar-refractivity contribution is -0.141. The smallest absolute Gasteiger partial charge is 0.302 e. The molecule has 0 aromatic rings. The van der Waals surface area contributed by atoms with Crippen molar-refractivity contribution in [3.63, 3.8) is 0 Å². The first kappa shape index (κ1) is 15.3. The normalized spacial score (nSPS) is 35.7. The molecule has 0 saturated heterocycles. The van der Waals surface area contributed by atoms with Crippen molar-refractivity contribution in [2.75, 3.05) is 6.61 Å². The first-order valence-electron chi connectivity index (χ1n) is 7.59. The Morgan fingerprint density at radius 3 is 2.70 bits per heavy atom. The number of hydrogen-bond acceptors (Lipinski definition) is 3. The molecule has 0 aromatic heterocycles. The molecule has 0 heterocycles. The number of allylic oxidation sites excluding steroid dienone is 1. The van der Waals surface area contributed by atoms with E-state index in [1.54, 1.807) is 0 Å². The summed E-state index contributed by atoms with van der Waals surface area (Å²) >= 11 is 0. The van der Waals surface area contributed by atoms with Crippen LogP contribution in [0.15, 0.2) is 11.6 Å². The summed E-state index contributed by atoms with van der Waals surface area (Å²) in [5.41, 5.74) is 1.28. The van der Waals surface area contributed by atoms with Crippen molar-refractivity contribution in [2.24, 2.45) is 22.7 Å². The van der Waals surface area contributed by atoms with Crippen LogP contribution in [0.1, 0.15) is 53.4 Å². The van der Waals surface area contributed by atoms with Crippen LogP contribution in [0.25, 0.3) is 0 Å². The molecule has 3 heteroatoms. The molecular formula is C17H26O3. The number of hydrogen-bond donors (Lipinski definition) is 0. The number of esters is 1. The first-order chi connectivity index (χ1) is 9.31. The summed E-state index contributed by atoms with van der Waals surface area (Å²) in [6, 6.07) is 0. The van der Waals surface area contributed by atoms with Crippen molar-refractivity contribution in [3.8, 4) is 0 Å². The average Bonchev–Trinajstić information content (AvgIpc) is 2.34. The topological polar surface area (TPSA) is 43.4 Å². The lowest BCUT2D eigenvalue weighted by Crippen LogP contribution is -2.49. The number of carbonyl (C=O) groups is 2. The van der Waals surface area contributed by atoms with Crippen LogP contribution in [0.4, 0.5) is 0 Å². The zero-order valence-electron chi connectivity index (χ0n) is 13.1. The maximum absolute atomic E-state index is 11.7. The van der Waals surface area contributed by atoms with Crippen LogP contribution in [0.5, 0.6) is 0 Å². The molecule has 0 spiro atoms. The highest BCUT2D eigenvalue weighted by Gasteiger charge is 2.52. The predicted octanol–water partition coefficient (Wildman–Crippen LogP) is 3.53. The van der Waals surface area contributed by atoms with Gasteiger partial charge in [0.1, 0.15) is 12.9 Å². The van der Waals surface area contributed by atoms with E-state index in [1.165, 1.54) is 19.8 Å². The molecule has 1 saturated carbocycles. The van der Waals surface area contributed by atoms with Gasteiger partial charge in [0.25, 0.3) is 0 Å². The Morgan fingerprint density at radius 2 is 2.10 bits per heavy atom. The summed E-state index contributed by atoms with van der Waals surface area (Å²) in [4.78, 5) is 22.7. The number of fused-ring (bicyclic) bond motifs is 1. The molecular weight excluding hydrogens is 252 g/mol. The number of rotatable bonds is 3. The Balaban J connectivity index is 2.29. The molecule has 0 aliphatic heterocycles. The zero-order chi connectivity index (χ0) is 15.0. The number of carbonyl (C=O) groups excluding carboxylic acids is 2. The summed E-state index contributed by atoms with van der Waals surface area (Å²) in [6.07, 6.45) is 7.69. The van der Waals surface area contributed by atoms with Crippen LogP contribution in [0, 0.1) is 22.7 Å². The van der Waals surface area contributed by atoms with Gasteiger partial charge in [-0.25, -0.2) is 0 Å². The molecule has 1 fully saturated rings. The molecule has 3 atom stereocenters. The lowest BCUT2D eigenvalue weighted by atomic mass is 9.49. The van der Waals surface area contributed by atoms with Gasteiger partial charge in [-0.2, -0.15) is 0 Å². The van der Waals surface area contributed by atoms with Crippen LogP contribution in [-0.4, -0.2) is 18.9 Å². The Kier molecular flexibility index (Phi) is 4.08. The molecule has 0 bridgehead atoms. The minimum Gasteiger partial charge on any atom is -0.461 e. The minimum absolute atomic E-state index is 0.00767. The summed E-state index contributed by atoms with van der Waals surface area (Å²) in [6.45, 7) is 8.57. The molecule has 2 aliphatic carbocycles. The van der Waals surface area contributed by atoms with Gasteiger partial charge in [0.2, 0.25) is 0 Å². The maximum Gasteiger partial charge on any atom is 0.302 e. The maximum atomic E-state index is 11.7. The third-order valence-corrected chi connectivity index (χ3v) is 5.58. The number of aldehydes is 1. The SMILES string of the molecule is CC(=O)OCC1=CCC2C(C)(C)CCC[C@]2(C)[C@H]1C=O. The van der Waals surface area contributed by atoms with Crippen molar-refractivity contribution in [1.82, 2.24) is 0 Å². The molecule has 112 valence electrons. The molecule has 20 heavy (non-hydrogen) atoms. The Hall–Kier alpha value is -1.12. The van der Waals surface area contributed by atoms with E-state index in [0.29, 0.717) is 5.92 Å². The monoisotopic (exact) mass is 278 g/mol. The van der Waals surface area contributed by atoms with E-state index in [2.05, 4.69) is 26.8 Å². The van der Waals surface area contributed by atoms with Gasteiger partial charge in [-0.3, -0.25) is 4.79 Å². The lowest BCUT2D eigenvalue weighted by Gasteiger charge is -2.55. The van der Waals surface area contributed by atoms with Gasteiger partial charge in [-0.15, -0.1) is 0 Å². The van der Waals surface area contributed by atoms with E-state index in [1.807, 2.05) is 0 Å². The quantitative estimate of drug-likeness (QED) is 0.450. The molecule has 3 nitrogen and oxygen atoms in total. The largest absolute Gasteiger partial charge is 0.461 e. The molecule has 1 unspecified atom stereocenters. The van der Waals surface area contributed by atoms with Gasteiger partial charge in [-0.1, -0.05) is 33.3 Å². The van der Waals surface area contributed by atoms with E-state index in [9.17, 15) is 9.59 Å². The van der Waals surface area contributed by atoms with Crippen molar-refractivity contribution in [3.05, 3.63) is 11.6 Å². The summed E-state index contributed by atoms with van der Waals surface area (Å²) in [7, 11) is 0. The number of ether oxygens (including phenoxy) is 1. The van der Waals surface area contributed by atoms with Gasteiger partial charge in [0.05, 0.1) is 0 Å². The molecule has 0 amide bonds. The van der Waals surface area contributed by atoms with Gasteiger partial charge < -0.3 is 9.53 Å². The van der Waals surface area contributed by atoms with Crippen LogP contribution < -0.4 is 0 Å². The second kappa shape index (κ2) is 5.34. The summed E-state index contributed by atoms with van der Waals surface area (Å²) in [5, 5.41) is 0. The van der Waals surface area contributed by atoms with Gasteiger partial charge in [0.15, 0.2) is 0 Å². The standard InChI is InChI=1S/C17H26O3/c1-12(19)20-11-13-6-7-15-16(2,3)8-5-9-17(15,4)14(13)10-18/h6,10,14-15H,5,7-9,11H2,1-4H3/t14-,15?,17+/m0/s1. The van der Waals surface area contributed by atoms with Crippen molar-refractivity contribution in [1.29, 1.82) is 0 Å². The van der Waals surface area contributed by atoms with Crippen molar-refractivity contribution >= 4 is 12.3 Å². The summed E-state index contributed by atoms with van der Waals surface area (Å²) < 4.78 is 5.12. The fourth-order valence-corrected chi connectivity index (χ4v) is 4.52. The Labute approximate surface area is 121 Å². The molecule has 0 aromatic carbocycles. The van der Waals surface area contributed by atoms with E-state index in [0.717, 1.165) is 24.7 Å². The highest BCUT2D eigenvalue weighted by molar-refractivity contribution is 5.67. The van der Waals surface area contributed by atoms with Crippen LogP contribution in [0.2, 0.25) is 0 Å². The van der Waals surface area contributed by atoms with Gasteiger partial charge in [0, 0.05) is 12.8 Å². The third-order valence-electron chi connectivity index (χ3n) is 5.58. The third kappa shape index (κ3) is 2.55. The predicted molar refractivity (Wildman–Crippen MR) is 78.1 cm³/mol. The molecule has 2 rings (SSSR count). The molecule has 0 N–H and O–H groups in total.